The van der Waals surface area contributed by atoms with Crippen LogP contribution in [0.15, 0.2) is 70.6 Å². The van der Waals surface area contributed by atoms with E-state index >= 15 is 0 Å². The van der Waals surface area contributed by atoms with Crippen molar-refractivity contribution >= 4 is 45.2 Å². The Hall–Kier alpha value is -3.43. The molecule has 0 saturated heterocycles. The van der Waals surface area contributed by atoms with Crippen molar-refractivity contribution in [1.29, 1.82) is 0 Å². The number of thiophene rings is 1. The second-order valence-corrected chi connectivity index (χ2v) is 11.4. The Kier molecular flexibility index (Phi) is 7.43. The molecule has 190 valence electrons. The molecular formula is C28H27N3O4S2. The lowest BCUT2D eigenvalue weighted by Gasteiger charge is -2.18. The summed E-state index contributed by atoms with van der Waals surface area (Å²) in [5.41, 5.74) is 2.49. The van der Waals surface area contributed by atoms with E-state index in [1.54, 1.807) is 15.9 Å². The lowest BCUT2D eigenvalue weighted by Crippen LogP contribution is -2.43. The van der Waals surface area contributed by atoms with Gasteiger partial charge in [-0.3, -0.25) is 14.2 Å². The van der Waals surface area contributed by atoms with Crippen LogP contribution in [-0.4, -0.2) is 38.3 Å². The van der Waals surface area contributed by atoms with Crippen molar-refractivity contribution in [2.45, 2.75) is 43.8 Å². The normalized spacial score (nSPS) is 15.8. The number of aryl methyl sites for hydroxylation is 1. The van der Waals surface area contributed by atoms with E-state index in [2.05, 4.69) is 12.2 Å². The molecule has 1 amide bonds. The molecule has 0 fully saturated rings. The number of aliphatic carboxylic acids is 1. The second kappa shape index (κ2) is 10.9. The third kappa shape index (κ3) is 5.47. The Balaban J connectivity index is 1.43. The predicted octanol–water partition coefficient (Wildman–Crippen LogP) is 4.48. The molecule has 2 atom stereocenters. The van der Waals surface area contributed by atoms with Gasteiger partial charge in [-0.15, -0.1) is 11.3 Å². The van der Waals surface area contributed by atoms with Gasteiger partial charge < -0.3 is 10.4 Å². The molecule has 7 nitrogen and oxygen atoms in total. The fraction of sp³-hybridized carbons (Fsp3) is 0.286. The number of thioether (sulfide) groups is 1. The van der Waals surface area contributed by atoms with Gasteiger partial charge in [0.25, 0.3) is 5.56 Å². The Morgan fingerprint density at radius 1 is 1.16 bits per heavy atom. The minimum absolute atomic E-state index is 0.0640. The smallest absolute Gasteiger partial charge is 0.326 e. The maximum atomic E-state index is 13.8. The number of nitrogens with zero attached hydrogens (tertiary/aromatic N) is 2. The number of carboxylic acids is 1. The van der Waals surface area contributed by atoms with E-state index in [1.807, 2.05) is 60.7 Å². The van der Waals surface area contributed by atoms with Crippen molar-refractivity contribution in [3.05, 3.63) is 87.0 Å². The molecule has 0 unspecified atom stereocenters. The standard InChI is InChI=1S/C28H27N3O4S2/c1-17-12-13-20-22(14-17)37-25-24(20)26(33)31(19-10-6-3-7-11-19)28(30-25)36-16-23(32)29-21(27(34)35)15-18-8-4-2-5-9-18/h2-11,17,21H,12-16H2,1H3,(H,29,32)(H,34,35)/t17-,21+/m1/s1. The van der Waals surface area contributed by atoms with Crippen LogP contribution in [0.25, 0.3) is 15.9 Å². The zero-order valence-corrected chi connectivity index (χ0v) is 22.0. The minimum atomic E-state index is -1.10. The van der Waals surface area contributed by atoms with Crippen molar-refractivity contribution in [2.24, 2.45) is 5.92 Å². The van der Waals surface area contributed by atoms with E-state index in [4.69, 9.17) is 4.98 Å². The van der Waals surface area contributed by atoms with Crippen LogP contribution in [0.5, 0.6) is 0 Å². The van der Waals surface area contributed by atoms with E-state index < -0.39 is 17.9 Å². The number of nitrogens with one attached hydrogen (secondary N) is 1. The van der Waals surface area contributed by atoms with Crippen LogP contribution in [0.1, 0.15) is 29.3 Å². The van der Waals surface area contributed by atoms with Crippen LogP contribution in [0.3, 0.4) is 0 Å². The number of carbonyl (C=O) groups excluding carboxylic acids is 1. The topological polar surface area (TPSA) is 101 Å². The molecule has 2 N–H and O–H groups in total. The highest BCUT2D eigenvalue weighted by Crippen LogP contribution is 2.37. The number of carboxylic acid groups (broad SMARTS) is 1. The zero-order chi connectivity index (χ0) is 25.9. The molecule has 0 bridgehead atoms. The van der Waals surface area contributed by atoms with Gasteiger partial charge in [-0.1, -0.05) is 67.2 Å². The first-order valence-corrected chi connectivity index (χ1v) is 14.0. The largest absolute Gasteiger partial charge is 0.480 e. The number of rotatable bonds is 8. The number of hydrogen-bond donors (Lipinski definition) is 2. The van der Waals surface area contributed by atoms with Crippen molar-refractivity contribution in [3.63, 3.8) is 0 Å². The van der Waals surface area contributed by atoms with Crippen molar-refractivity contribution in [1.82, 2.24) is 14.9 Å². The van der Waals surface area contributed by atoms with Crippen LogP contribution >= 0.6 is 23.1 Å². The maximum Gasteiger partial charge on any atom is 0.326 e. The van der Waals surface area contributed by atoms with Crippen LogP contribution in [0, 0.1) is 5.92 Å². The third-order valence-corrected chi connectivity index (χ3v) is 8.65. The van der Waals surface area contributed by atoms with Crippen LogP contribution in [-0.2, 0) is 28.9 Å². The molecule has 1 aliphatic carbocycles. The van der Waals surface area contributed by atoms with Gasteiger partial charge in [-0.2, -0.15) is 0 Å². The second-order valence-electron chi connectivity index (χ2n) is 9.34. The number of hydrogen-bond acceptors (Lipinski definition) is 6. The summed E-state index contributed by atoms with van der Waals surface area (Å²) >= 11 is 2.71. The minimum Gasteiger partial charge on any atom is -0.480 e. The summed E-state index contributed by atoms with van der Waals surface area (Å²) in [6.07, 6.45) is 3.05. The highest BCUT2D eigenvalue weighted by Gasteiger charge is 2.26. The first-order valence-electron chi connectivity index (χ1n) is 12.2. The predicted molar refractivity (Wildman–Crippen MR) is 147 cm³/mol. The molecule has 0 radical (unpaired) electrons. The van der Waals surface area contributed by atoms with Crippen molar-refractivity contribution < 1.29 is 14.7 Å². The van der Waals surface area contributed by atoms with E-state index in [9.17, 15) is 19.5 Å². The van der Waals surface area contributed by atoms with Crippen molar-refractivity contribution in [2.75, 3.05) is 5.75 Å². The van der Waals surface area contributed by atoms with E-state index in [-0.39, 0.29) is 17.7 Å². The molecule has 37 heavy (non-hydrogen) atoms. The molecule has 0 saturated carbocycles. The summed E-state index contributed by atoms with van der Waals surface area (Å²) in [6.45, 7) is 2.23. The summed E-state index contributed by atoms with van der Waals surface area (Å²) in [4.78, 5) is 45.2. The highest BCUT2D eigenvalue weighted by atomic mass is 32.2. The fourth-order valence-electron chi connectivity index (χ4n) is 4.69. The summed E-state index contributed by atoms with van der Waals surface area (Å²) in [5.74, 6) is -1.01. The average Bonchev–Trinajstić information content (AvgIpc) is 3.25. The molecule has 9 heteroatoms. The molecule has 2 aromatic carbocycles. The first-order chi connectivity index (χ1) is 17.9. The number of aromatic nitrogens is 2. The molecule has 2 aromatic heterocycles. The molecule has 0 spiro atoms. The van der Waals surface area contributed by atoms with Gasteiger partial charge in [0.1, 0.15) is 10.9 Å². The Morgan fingerprint density at radius 3 is 2.57 bits per heavy atom. The number of para-hydroxylation sites is 1. The molecule has 1 aliphatic rings. The van der Waals surface area contributed by atoms with Crippen LogP contribution in [0.4, 0.5) is 0 Å². The lowest BCUT2D eigenvalue weighted by atomic mass is 9.89. The summed E-state index contributed by atoms with van der Waals surface area (Å²) in [6, 6.07) is 17.4. The number of carbonyl (C=O) groups is 2. The molecule has 2 heterocycles. The average molecular weight is 534 g/mol. The first kappa shape index (κ1) is 25.2. The number of benzene rings is 2. The van der Waals surface area contributed by atoms with Crippen LogP contribution in [0.2, 0.25) is 0 Å². The number of fused-ring (bicyclic) bond motifs is 3. The van der Waals surface area contributed by atoms with E-state index in [0.29, 0.717) is 27.0 Å². The van der Waals surface area contributed by atoms with Gasteiger partial charge in [0.15, 0.2) is 5.16 Å². The van der Waals surface area contributed by atoms with Gasteiger partial charge in [0, 0.05) is 11.3 Å². The van der Waals surface area contributed by atoms with Gasteiger partial charge in [-0.05, 0) is 48.4 Å². The summed E-state index contributed by atoms with van der Waals surface area (Å²) in [7, 11) is 0. The highest BCUT2D eigenvalue weighted by molar-refractivity contribution is 7.99. The molecule has 0 aliphatic heterocycles. The summed E-state index contributed by atoms with van der Waals surface area (Å²) < 4.78 is 1.57. The lowest BCUT2D eigenvalue weighted by molar-refractivity contribution is -0.141. The fourth-order valence-corrected chi connectivity index (χ4v) is 6.94. The Bertz CT molecular complexity index is 1500. The maximum absolute atomic E-state index is 13.8. The van der Waals surface area contributed by atoms with E-state index in [0.717, 1.165) is 42.2 Å². The zero-order valence-electron chi connectivity index (χ0n) is 20.3. The number of amides is 1. The van der Waals surface area contributed by atoms with E-state index in [1.165, 1.54) is 4.88 Å². The molecular weight excluding hydrogens is 506 g/mol. The van der Waals surface area contributed by atoms with Crippen molar-refractivity contribution in [3.8, 4) is 5.69 Å². The Morgan fingerprint density at radius 2 is 1.86 bits per heavy atom. The summed E-state index contributed by atoms with van der Waals surface area (Å²) in [5, 5.41) is 13.4. The SMILES string of the molecule is C[C@@H]1CCc2c(sc3nc(SCC(=O)N[C@@H](Cc4ccccc4)C(=O)O)n(-c4ccccc4)c(=O)c23)C1. The molecule has 4 aromatic rings. The monoisotopic (exact) mass is 533 g/mol. The quantitative estimate of drug-likeness (QED) is 0.256. The van der Waals surface area contributed by atoms with Gasteiger partial charge in [-0.25, -0.2) is 9.78 Å². The third-order valence-electron chi connectivity index (χ3n) is 6.56. The Labute approximate surface area is 222 Å². The molecule has 5 rings (SSSR count). The van der Waals surface area contributed by atoms with Crippen LogP contribution < -0.4 is 10.9 Å². The van der Waals surface area contributed by atoms with Gasteiger partial charge >= 0.3 is 5.97 Å². The van der Waals surface area contributed by atoms with Gasteiger partial charge in [0.05, 0.1) is 16.8 Å². The van der Waals surface area contributed by atoms with Gasteiger partial charge in [0.2, 0.25) is 5.91 Å².